The summed E-state index contributed by atoms with van der Waals surface area (Å²) in [5.41, 5.74) is 3.46. The molecule has 5 aromatic rings. The van der Waals surface area contributed by atoms with E-state index in [-0.39, 0.29) is 11.5 Å². The molecule has 0 aliphatic rings. The summed E-state index contributed by atoms with van der Waals surface area (Å²) in [5.74, 6) is 1.57. The van der Waals surface area contributed by atoms with Crippen LogP contribution in [0.5, 0.6) is 11.5 Å². The summed E-state index contributed by atoms with van der Waals surface area (Å²) in [6.07, 6.45) is 0. The summed E-state index contributed by atoms with van der Waals surface area (Å²) in [4.78, 5) is 17.9. The van der Waals surface area contributed by atoms with Gasteiger partial charge in [0.05, 0.1) is 25.3 Å². The molecule has 0 aliphatic carbocycles. The normalized spacial score (nSPS) is 11.0. The zero-order valence-electron chi connectivity index (χ0n) is 16.9. The second kappa shape index (κ2) is 7.53. The predicted octanol–water partition coefficient (Wildman–Crippen LogP) is 4.19. The van der Waals surface area contributed by atoms with Crippen molar-refractivity contribution in [1.82, 2.24) is 19.6 Å². The van der Waals surface area contributed by atoms with Gasteiger partial charge in [0.2, 0.25) is 5.78 Å². The first kappa shape index (κ1) is 18.7. The first-order valence-corrected chi connectivity index (χ1v) is 9.67. The highest BCUT2D eigenvalue weighted by Gasteiger charge is 2.22. The number of rotatable bonds is 5. The number of hydrogen-bond donors (Lipinski definition) is 0. The monoisotopic (exact) mass is 410 g/mol. The Morgan fingerprint density at radius 2 is 1.58 bits per heavy atom. The molecule has 0 amide bonds. The second-order valence-corrected chi connectivity index (χ2v) is 6.90. The minimum absolute atomic E-state index is 0.206. The number of nitrogens with zero attached hydrogens (tertiary/aromatic N) is 4. The summed E-state index contributed by atoms with van der Waals surface area (Å²) in [7, 11) is 3.17. The standard InChI is InChI=1S/C24H18N4O3/c1-30-19-13-12-16(14-20(19)31-2)23-26-27-24-21(22(29)15-8-4-3-5-9-15)25-17-10-6-7-11-18(17)28(23)24/h3-14H,1-2H3. The Morgan fingerprint density at radius 3 is 2.35 bits per heavy atom. The van der Waals surface area contributed by atoms with Crippen molar-refractivity contribution in [1.29, 1.82) is 0 Å². The van der Waals surface area contributed by atoms with Crippen LogP contribution >= 0.6 is 0 Å². The number of ether oxygens (including phenoxy) is 2. The Bertz CT molecular complexity index is 1430. The van der Waals surface area contributed by atoms with Crippen LogP contribution in [-0.2, 0) is 0 Å². The van der Waals surface area contributed by atoms with E-state index in [1.54, 1.807) is 26.4 Å². The third kappa shape index (κ3) is 3.07. The van der Waals surface area contributed by atoms with E-state index in [0.717, 1.165) is 11.1 Å². The highest BCUT2D eigenvalue weighted by Crippen LogP contribution is 2.33. The third-order valence-electron chi connectivity index (χ3n) is 5.12. The van der Waals surface area contributed by atoms with Gasteiger partial charge in [0.25, 0.3) is 0 Å². The molecular weight excluding hydrogens is 392 g/mol. The molecule has 7 nitrogen and oxygen atoms in total. The minimum atomic E-state index is -0.206. The number of fused-ring (bicyclic) bond motifs is 3. The summed E-state index contributed by atoms with van der Waals surface area (Å²) in [6, 6.07) is 22.2. The number of hydrogen-bond acceptors (Lipinski definition) is 6. The smallest absolute Gasteiger partial charge is 0.215 e. The number of carbonyl (C=O) groups excluding carboxylic acids is 1. The van der Waals surface area contributed by atoms with Gasteiger partial charge in [-0.25, -0.2) is 4.98 Å². The topological polar surface area (TPSA) is 78.6 Å². The zero-order valence-corrected chi connectivity index (χ0v) is 16.9. The molecule has 5 rings (SSSR count). The van der Waals surface area contributed by atoms with Gasteiger partial charge in [-0.2, -0.15) is 0 Å². The Morgan fingerprint density at radius 1 is 0.839 bits per heavy atom. The largest absolute Gasteiger partial charge is 0.493 e. The van der Waals surface area contributed by atoms with Gasteiger partial charge in [-0.15, -0.1) is 10.2 Å². The number of benzene rings is 3. The predicted molar refractivity (Wildman–Crippen MR) is 117 cm³/mol. The molecule has 2 aromatic heterocycles. The van der Waals surface area contributed by atoms with Gasteiger partial charge in [-0.3, -0.25) is 9.20 Å². The Labute approximate surface area is 177 Å². The summed E-state index contributed by atoms with van der Waals surface area (Å²) >= 11 is 0. The van der Waals surface area contributed by atoms with Gasteiger partial charge in [0, 0.05) is 11.1 Å². The molecule has 0 bridgehead atoms. The molecule has 7 heteroatoms. The average molecular weight is 410 g/mol. The molecule has 152 valence electrons. The Balaban J connectivity index is 1.79. The SMILES string of the molecule is COc1ccc(-c2nnc3c(C(=O)c4ccccc4)nc4ccccc4n23)cc1OC. The molecule has 0 saturated heterocycles. The minimum Gasteiger partial charge on any atom is -0.493 e. The van der Waals surface area contributed by atoms with Gasteiger partial charge in [0.15, 0.2) is 28.7 Å². The number of para-hydroxylation sites is 2. The molecule has 0 radical (unpaired) electrons. The molecule has 0 saturated carbocycles. The quantitative estimate of drug-likeness (QED) is 0.404. The summed E-state index contributed by atoms with van der Waals surface area (Å²) in [5, 5.41) is 8.76. The molecule has 0 spiro atoms. The lowest BCUT2D eigenvalue weighted by Gasteiger charge is -2.10. The van der Waals surface area contributed by atoms with Crippen molar-refractivity contribution >= 4 is 22.5 Å². The van der Waals surface area contributed by atoms with Gasteiger partial charge < -0.3 is 9.47 Å². The van der Waals surface area contributed by atoms with Crippen LogP contribution in [0.3, 0.4) is 0 Å². The summed E-state index contributed by atoms with van der Waals surface area (Å²) in [6.45, 7) is 0. The lowest BCUT2D eigenvalue weighted by molar-refractivity contribution is 0.103. The van der Waals surface area contributed by atoms with Gasteiger partial charge in [-0.1, -0.05) is 42.5 Å². The van der Waals surface area contributed by atoms with Crippen molar-refractivity contribution in [3.63, 3.8) is 0 Å². The molecule has 3 aromatic carbocycles. The average Bonchev–Trinajstić information content (AvgIpc) is 3.28. The van der Waals surface area contributed by atoms with Gasteiger partial charge >= 0.3 is 0 Å². The molecule has 31 heavy (non-hydrogen) atoms. The van der Waals surface area contributed by atoms with Crippen molar-refractivity contribution in [2.45, 2.75) is 0 Å². The highest BCUT2D eigenvalue weighted by molar-refractivity contribution is 6.12. The van der Waals surface area contributed by atoms with E-state index < -0.39 is 0 Å². The maximum Gasteiger partial charge on any atom is 0.215 e. The van der Waals surface area contributed by atoms with E-state index in [4.69, 9.17) is 9.47 Å². The molecular formula is C24H18N4O3. The van der Waals surface area contributed by atoms with Crippen LogP contribution in [0.15, 0.2) is 72.8 Å². The van der Waals surface area contributed by atoms with Crippen LogP contribution in [0.1, 0.15) is 16.1 Å². The number of methoxy groups -OCH3 is 2. The van der Waals surface area contributed by atoms with Crippen LogP contribution < -0.4 is 9.47 Å². The number of aromatic nitrogens is 4. The fourth-order valence-electron chi connectivity index (χ4n) is 3.62. The van der Waals surface area contributed by atoms with E-state index in [9.17, 15) is 4.79 Å². The van der Waals surface area contributed by atoms with Crippen LogP contribution in [-0.4, -0.2) is 39.6 Å². The van der Waals surface area contributed by atoms with Gasteiger partial charge in [0.1, 0.15) is 0 Å². The van der Waals surface area contributed by atoms with Crippen molar-refractivity contribution in [3.05, 3.63) is 84.1 Å². The van der Waals surface area contributed by atoms with Crippen molar-refractivity contribution < 1.29 is 14.3 Å². The van der Waals surface area contributed by atoms with Crippen molar-refractivity contribution in [2.24, 2.45) is 0 Å². The Hall–Kier alpha value is -4.26. The van der Waals surface area contributed by atoms with E-state index in [1.165, 1.54) is 0 Å². The molecule has 0 fully saturated rings. The maximum atomic E-state index is 13.3. The lowest BCUT2D eigenvalue weighted by Crippen LogP contribution is -2.08. The van der Waals surface area contributed by atoms with E-state index >= 15 is 0 Å². The van der Waals surface area contributed by atoms with Crippen LogP contribution in [0.4, 0.5) is 0 Å². The Kier molecular flexibility index (Phi) is 4.55. The fourth-order valence-corrected chi connectivity index (χ4v) is 3.62. The molecule has 0 unspecified atom stereocenters. The van der Waals surface area contributed by atoms with E-state index in [2.05, 4.69) is 15.2 Å². The lowest BCUT2D eigenvalue weighted by atomic mass is 10.1. The first-order chi connectivity index (χ1) is 15.2. The number of carbonyl (C=O) groups is 1. The first-order valence-electron chi connectivity index (χ1n) is 9.67. The third-order valence-corrected chi connectivity index (χ3v) is 5.12. The van der Waals surface area contributed by atoms with Crippen molar-refractivity contribution in [3.8, 4) is 22.9 Å². The number of ketones is 1. The van der Waals surface area contributed by atoms with Crippen molar-refractivity contribution in [2.75, 3.05) is 14.2 Å². The molecule has 0 aliphatic heterocycles. The van der Waals surface area contributed by atoms with Crippen LogP contribution in [0, 0.1) is 0 Å². The highest BCUT2D eigenvalue weighted by atomic mass is 16.5. The fraction of sp³-hybridized carbons (Fsp3) is 0.0833. The molecule has 2 heterocycles. The maximum absolute atomic E-state index is 13.3. The molecule has 0 atom stereocenters. The second-order valence-electron chi connectivity index (χ2n) is 6.90. The van der Waals surface area contributed by atoms with Crippen LogP contribution in [0.25, 0.3) is 28.1 Å². The zero-order chi connectivity index (χ0) is 21.4. The van der Waals surface area contributed by atoms with Crippen LogP contribution in [0.2, 0.25) is 0 Å². The van der Waals surface area contributed by atoms with E-state index in [0.29, 0.717) is 34.1 Å². The summed E-state index contributed by atoms with van der Waals surface area (Å²) < 4.78 is 12.6. The van der Waals surface area contributed by atoms with E-state index in [1.807, 2.05) is 65.1 Å². The van der Waals surface area contributed by atoms with Gasteiger partial charge in [-0.05, 0) is 30.3 Å². The molecule has 0 N–H and O–H groups in total.